The fraction of sp³-hybridized carbons (Fsp3) is 0.273. The Morgan fingerprint density at radius 1 is 1.11 bits per heavy atom. The van der Waals surface area contributed by atoms with Crippen molar-refractivity contribution in [1.82, 2.24) is 15.4 Å². The summed E-state index contributed by atoms with van der Waals surface area (Å²) in [6, 6.07) is 19.1. The highest BCUT2D eigenvalue weighted by atomic mass is 35.5. The zero-order valence-corrected chi connectivity index (χ0v) is 16.8. The van der Waals surface area contributed by atoms with E-state index in [0.717, 1.165) is 24.2 Å². The number of halogens is 1. The van der Waals surface area contributed by atoms with Gasteiger partial charge in [-0.05, 0) is 30.8 Å². The largest absolute Gasteiger partial charge is 0.355 e. The van der Waals surface area contributed by atoms with Gasteiger partial charge in [-0.3, -0.25) is 9.69 Å². The SMILES string of the molecule is CCN(CC)[C@H](CNC(=O)c1cc(-c2ccccc2)on1)c1ccc(Cl)cc1. The fourth-order valence-electron chi connectivity index (χ4n) is 3.21. The van der Waals surface area contributed by atoms with Crippen LogP contribution in [-0.2, 0) is 0 Å². The Morgan fingerprint density at radius 3 is 2.43 bits per heavy atom. The Hall–Kier alpha value is -2.63. The quantitative estimate of drug-likeness (QED) is 0.592. The smallest absolute Gasteiger partial charge is 0.273 e. The molecular weight excluding hydrogens is 374 g/mol. The highest BCUT2D eigenvalue weighted by molar-refractivity contribution is 6.30. The summed E-state index contributed by atoms with van der Waals surface area (Å²) in [4.78, 5) is 14.9. The molecule has 6 heteroatoms. The summed E-state index contributed by atoms with van der Waals surface area (Å²) in [7, 11) is 0. The van der Waals surface area contributed by atoms with Gasteiger partial charge in [-0.2, -0.15) is 0 Å². The Kier molecular flexibility index (Phi) is 6.85. The van der Waals surface area contributed by atoms with Crippen LogP contribution in [-0.4, -0.2) is 35.6 Å². The van der Waals surface area contributed by atoms with Crippen molar-refractivity contribution in [3.8, 4) is 11.3 Å². The number of hydrogen-bond donors (Lipinski definition) is 1. The fourth-order valence-corrected chi connectivity index (χ4v) is 3.33. The molecule has 5 nitrogen and oxygen atoms in total. The Labute approximate surface area is 170 Å². The van der Waals surface area contributed by atoms with Crippen LogP contribution in [0.5, 0.6) is 0 Å². The average molecular weight is 398 g/mol. The minimum atomic E-state index is -0.253. The number of carbonyl (C=O) groups excluding carboxylic acids is 1. The van der Waals surface area contributed by atoms with E-state index in [0.29, 0.717) is 17.3 Å². The molecule has 1 aromatic heterocycles. The van der Waals surface area contributed by atoms with E-state index in [4.69, 9.17) is 16.1 Å². The standard InChI is InChI=1S/C22H24ClN3O2/c1-3-26(4-2)20(16-10-12-18(23)13-11-16)15-24-22(27)19-14-21(28-25-19)17-8-6-5-7-9-17/h5-14,20H,3-4,15H2,1-2H3,(H,24,27)/t20-/m1/s1. The minimum Gasteiger partial charge on any atom is -0.355 e. The van der Waals surface area contributed by atoms with Crippen molar-refractivity contribution in [1.29, 1.82) is 0 Å². The lowest BCUT2D eigenvalue weighted by Crippen LogP contribution is -2.38. The monoisotopic (exact) mass is 397 g/mol. The van der Waals surface area contributed by atoms with Crippen molar-refractivity contribution in [2.75, 3.05) is 19.6 Å². The van der Waals surface area contributed by atoms with Gasteiger partial charge in [-0.25, -0.2) is 0 Å². The molecule has 3 aromatic rings. The summed E-state index contributed by atoms with van der Waals surface area (Å²) in [5.74, 6) is 0.320. The van der Waals surface area contributed by atoms with Crippen LogP contribution in [0.2, 0.25) is 5.02 Å². The molecule has 1 amide bonds. The summed E-state index contributed by atoms with van der Waals surface area (Å²) in [5.41, 5.74) is 2.27. The highest BCUT2D eigenvalue weighted by Crippen LogP contribution is 2.23. The maximum Gasteiger partial charge on any atom is 0.273 e. The number of aromatic nitrogens is 1. The third-order valence-corrected chi connectivity index (χ3v) is 5.02. The molecule has 1 heterocycles. The first-order valence-electron chi connectivity index (χ1n) is 9.42. The van der Waals surface area contributed by atoms with Crippen LogP contribution in [0.1, 0.15) is 35.9 Å². The van der Waals surface area contributed by atoms with Crippen molar-refractivity contribution in [2.45, 2.75) is 19.9 Å². The minimum absolute atomic E-state index is 0.0525. The van der Waals surface area contributed by atoms with E-state index < -0.39 is 0 Å². The summed E-state index contributed by atoms with van der Waals surface area (Å²) < 4.78 is 5.33. The zero-order chi connectivity index (χ0) is 19.9. The summed E-state index contributed by atoms with van der Waals surface area (Å²) >= 11 is 6.02. The molecule has 0 aliphatic carbocycles. The second-order valence-corrected chi connectivity index (χ2v) is 6.88. The molecule has 0 saturated carbocycles. The average Bonchev–Trinajstić information content (AvgIpc) is 3.23. The van der Waals surface area contributed by atoms with E-state index in [1.807, 2.05) is 54.6 Å². The number of nitrogens with zero attached hydrogens (tertiary/aromatic N) is 2. The number of likely N-dealkylation sites (N-methyl/N-ethyl adjacent to an activating group) is 1. The predicted octanol–water partition coefficient (Wildman–Crippen LogP) is 4.81. The third kappa shape index (κ3) is 4.80. The number of nitrogens with one attached hydrogen (secondary N) is 1. The van der Waals surface area contributed by atoms with Gasteiger partial charge < -0.3 is 9.84 Å². The van der Waals surface area contributed by atoms with Gasteiger partial charge in [0.1, 0.15) is 0 Å². The maximum atomic E-state index is 12.6. The van der Waals surface area contributed by atoms with Gasteiger partial charge >= 0.3 is 0 Å². The van der Waals surface area contributed by atoms with Crippen LogP contribution in [0, 0.1) is 0 Å². The lowest BCUT2D eigenvalue weighted by Gasteiger charge is -2.30. The molecule has 2 aromatic carbocycles. The van der Waals surface area contributed by atoms with E-state index in [1.165, 1.54) is 0 Å². The van der Waals surface area contributed by atoms with Crippen LogP contribution in [0.25, 0.3) is 11.3 Å². The van der Waals surface area contributed by atoms with Crippen molar-refractivity contribution < 1.29 is 9.32 Å². The topological polar surface area (TPSA) is 58.4 Å². The molecule has 0 radical (unpaired) electrons. The van der Waals surface area contributed by atoms with Crippen LogP contribution in [0.3, 0.4) is 0 Å². The number of rotatable bonds is 8. The molecular formula is C22H24ClN3O2. The third-order valence-electron chi connectivity index (χ3n) is 4.76. The molecule has 0 bridgehead atoms. The van der Waals surface area contributed by atoms with Crippen molar-refractivity contribution >= 4 is 17.5 Å². The molecule has 0 aliphatic rings. The van der Waals surface area contributed by atoms with Gasteiger partial charge in [0.25, 0.3) is 5.91 Å². The Morgan fingerprint density at radius 2 is 1.79 bits per heavy atom. The molecule has 0 unspecified atom stereocenters. The number of amides is 1. The number of hydrogen-bond acceptors (Lipinski definition) is 4. The lowest BCUT2D eigenvalue weighted by atomic mass is 10.0. The van der Waals surface area contributed by atoms with Crippen LogP contribution in [0.15, 0.2) is 65.2 Å². The van der Waals surface area contributed by atoms with E-state index in [1.54, 1.807) is 6.07 Å². The highest BCUT2D eigenvalue weighted by Gasteiger charge is 2.20. The summed E-state index contributed by atoms with van der Waals surface area (Å²) in [6.45, 7) is 6.44. The van der Waals surface area contributed by atoms with Gasteiger partial charge in [-0.15, -0.1) is 0 Å². The van der Waals surface area contributed by atoms with Crippen LogP contribution in [0.4, 0.5) is 0 Å². The Bertz CT molecular complexity index is 890. The first kappa shape index (κ1) is 20.1. The lowest BCUT2D eigenvalue weighted by molar-refractivity contribution is 0.0926. The van der Waals surface area contributed by atoms with E-state index in [2.05, 4.69) is 29.2 Å². The molecule has 0 aliphatic heterocycles. The molecule has 1 N–H and O–H groups in total. The van der Waals surface area contributed by atoms with E-state index in [9.17, 15) is 4.79 Å². The number of carbonyl (C=O) groups is 1. The van der Waals surface area contributed by atoms with Crippen LogP contribution < -0.4 is 5.32 Å². The van der Waals surface area contributed by atoms with Gasteiger partial charge in [0.05, 0.1) is 6.04 Å². The summed E-state index contributed by atoms with van der Waals surface area (Å²) in [6.07, 6.45) is 0. The Balaban J connectivity index is 1.71. The van der Waals surface area contributed by atoms with Crippen molar-refractivity contribution in [2.24, 2.45) is 0 Å². The molecule has 0 spiro atoms. The van der Waals surface area contributed by atoms with Crippen molar-refractivity contribution in [3.63, 3.8) is 0 Å². The van der Waals surface area contributed by atoms with Crippen molar-refractivity contribution in [3.05, 3.63) is 76.9 Å². The molecule has 146 valence electrons. The number of benzene rings is 2. The second-order valence-electron chi connectivity index (χ2n) is 6.44. The molecule has 28 heavy (non-hydrogen) atoms. The summed E-state index contributed by atoms with van der Waals surface area (Å²) in [5, 5.41) is 7.61. The molecule has 0 saturated heterocycles. The maximum absolute atomic E-state index is 12.6. The first-order chi connectivity index (χ1) is 13.6. The van der Waals surface area contributed by atoms with Gasteiger partial charge in [0.15, 0.2) is 11.5 Å². The van der Waals surface area contributed by atoms with Gasteiger partial charge in [0.2, 0.25) is 0 Å². The second kappa shape index (κ2) is 9.53. The predicted molar refractivity (Wildman–Crippen MR) is 111 cm³/mol. The van der Waals surface area contributed by atoms with E-state index in [-0.39, 0.29) is 17.6 Å². The zero-order valence-electron chi connectivity index (χ0n) is 16.1. The van der Waals surface area contributed by atoms with Gasteiger partial charge in [0, 0.05) is 23.2 Å². The molecule has 0 fully saturated rings. The normalized spacial score (nSPS) is 12.1. The van der Waals surface area contributed by atoms with Gasteiger partial charge in [-0.1, -0.05) is 73.1 Å². The van der Waals surface area contributed by atoms with Crippen LogP contribution >= 0.6 is 11.6 Å². The molecule has 1 atom stereocenters. The molecule has 3 rings (SSSR count). The van der Waals surface area contributed by atoms with E-state index >= 15 is 0 Å². The first-order valence-corrected chi connectivity index (χ1v) is 9.80.